The van der Waals surface area contributed by atoms with Gasteiger partial charge in [0.1, 0.15) is 6.54 Å². The van der Waals surface area contributed by atoms with Crippen LogP contribution >= 0.6 is 0 Å². The number of sulfonamides is 1. The van der Waals surface area contributed by atoms with E-state index in [2.05, 4.69) is 19.2 Å². The minimum absolute atomic E-state index is 0.155. The van der Waals surface area contributed by atoms with Gasteiger partial charge in [0, 0.05) is 5.69 Å². The third-order valence-electron chi connectivity index (χ3n) is 5.10. The van der Waals surface area contributed by atoms with Gasteiger partial charge in [-0.15, -0.1) is 0 Å². The van der Waals surface area contributed by atoms with E-state index in [1.165, 1.54) is 0 Å². The van der Waals surface area contributed by atoms with Crippen LogP contribution in [0, 0.1) is 13.8 Å². The summed E-state index contributed by atoms with van der Waals surface area (Å²) in [5, 5.41) is 2.95. The van der Waals surface area contributed by atoms with Crippen LogP contribution in [0.5, 0.6) is 0 Å². The maximum absolute atomic E-state index is 13.5. The highest BCUT2D eigenvalue weighted by Crippen LogP contribution is 2.28. The number of para-hydroxylation sites is 2. The summed E-state index contributed by atoms with van der Waals surface area (Å²) < 4.78 is 28.1. The SMILES string of the molecule is Cc1cccc(S(=O)(=O)N(CC(=O)Nc2c(C)cccc2C(C)C)c2ccccc2)c1. The molecule has 0 heterocycles. The first-order valence-corrected chi connectivity index (χ1v) is 11.7. The molecule has 0 aliphatic rings. The Labute approximate surface area is 184 Å². The van der Waals surface area contributed by atoms with E-state index < -0.39 is 15.9 Å². The summed E-state index contributed by atoms with van der Waals surface area (Å²) in [6, 6.07) is 21.3. The molecule has 0 aromatic heterocycles. The molecule has 0 saturated carbocycles. The number of aryl methyl sites for hydroxylation is 2. The van der Waals surface area contributed by atoms with Crippen molar-refractivity contribution in [1.29, 1.82) is 0 Å². The van der Waals surface area contributed by atoms with E-state index in [1.807, 2.05) is 44.2 Å². The number of amides is 1. The number of hydrogen-bond donors (Lipinski definition) is 1. The predicted octanol–water partition coefficient (Wildman–Crippen LogP) is 5.26. The molecule has 1 N–H and O–H groups in total. The van der Waals surface area contributed by atoms with E-state index in [-0.39, 0.29) is 17.4 Å². The van der Waals surface area contributed by atoms with E-state index in [4.69, 9.17) is 0 Å². The fraction of sp³-hybridized carbons (Fsp3) is 0.240. The van der Waals surface area contributed by atoms with Gasteiger partial charge in [-0.3, -0.25) is 9.10 Å². The van der Waals surface area contributed by atoms with Crippen molar-refractivity contribution in [1.82, 2.24) is 0 Å². The molecule has 0 atom stereocenters. The Morgan fingerprint density at radius 2 is 1.61 bits per heavy atom. The van der Waals surface area contributed by atoms with Gasteiger partial charge in [-0.25, -0.2) is 8.42 Å². The molecule has 0 aliphatic heterocycles. The third-order valence-corrected chi connectivity index (χ3v) is 6.87. The van der Waals surface area contributed by atoms with Gasteiger partial charge >= 0.3 is 0 Å². The van der Waals surface area contributed by atoms with Gasteiger partial charge in [0.15, 0.2) is 0 Å². The molecule has 0 bridgehead atoms. The number of nitrogens with one attached hydrogen (secondary N) is 1. The summed E-state index contributed by atoms with van der Waals surface area (Å²) in [7, 11) is -3.93. The summed E-state index contributed by atoms with van der Waals surface area (Å²) in [5.74, 6) is -0.173. The quantitative estimate of drug-likeness (QED) is 0.549. The number of anilines is 2. The van der Waals surface area contributed by atoms with Crippen LogP contribution in [0.1, 0.15) is 36.5 Å². The fourth-order valence-electron chi connectivity index (χ4n) is 3.46. The molecule has 3 aromatic rings. The molecular weight excluding hydrogens is 408 g/mol. The van der Waals surface area contributed by atoms with Crippen LogP contribution in [-0.4, -0.2) is 20.9 Å². The van der Waals surface area contributed by atoms with E-state index in [0.29, 0.717) is 5.69 Å². The molecule has 162 valence electrons. The van der Waals surface area contributed by atoms with Gasteiger partial charge in [0.05, 0.1) is 10.6 Å². The molecular formula is C25H28N2O3S. The number of benzene rings is 3. The second-order valence-electron chi connectivity index (χ2n) is 7.91. The van der Waals surface area contributed by atoms with Crippen LogP contribution in [0.4, 0.5) is 11.4 Å². The zero-order valence-corrected chi connectivity index (χ0v) is 19.1. The molecule has 1 amide bonds. The van der Waals surface area contributed by atoms with Crippen LogP contribution in [0.2, 0.25) is 0 Å². The minimum Gasteiger partial charge on any atom is -0.324 e. The number of carbonyl (C=O) groups excluding carboxylic acids is 1. The molecule has 0 spiro atoms. The lowest BCUT2D eigenvalue weighted by molar-refractivity contribution is -0.114. The van der Waals surface area contributed by atoms with E-state index in [0.717, 1.165) is 26.7 Å². The molecule has 3 aromatic carbocycles. The van der Waals surface area contributed by atoms with Crippen LogP contribution in [0.15, 0.2) is 77.7 Å². The Hall–Kier alpha value is -3.12. The number of nitrogens with zero attached hydrogens (tertiary/aromatic N) is 1. The zero-order valence-electron chi connectivity index (χ0n) is 18.3. The molecule has 0 radical (unpaired) electrons. The highest BCUT2D eigenvalue weighted by Gasteiger charge is 2.27. The Kier molecular flexibility index (Phi) is 6.81. The first-order chi connectivity index (χ1) is 14.7. The molecule has 0 fully saturated rings. The molecule has 3 rings (SSSR count). The van der Waals surface area contributed by atoms with Crippen LogP contribution in [-0.2, 0) is 14.8 Å². The standard InChI is InChI=1S/C25H28N2O3S/c1-18(2)23-15-9-11-20(4)25(23)26-24(28)17-27(21-12-6-5-7-13-21)31(29,30)22-14-8-10-19(3)16-22/h5-16,18H,17H2,1-4H3,(H,26,28). The molecule has 5 nitrogen and oxygen atoms in total. The number of rotatable bonds is 7. The summed E-state index contributed by atoms with van der Waals surface area (Å²) in [4.78, 5) is 13.2. The summed E-state index contributed by atoms with van der Waals surface area (Å²) in [6.07, 6.45) is 0. The second kappa shape index (κ2) is 9.35. The fourth-order valence-corrected chi connectivity index (χ4v) is 4.99. The lowest BCUT2D eigenvalue weighted by Gasteiger charge is -2.25. The second-order valence-corrected chi connectivity index (χ2v) is 9.77. The molecule has 0 aliphatic carbocycles. The smallest absolute Gasteiger partial charge is 0.264 e. The monoisotopic (exact) mass is 436 g/mol. The molecule has 0 unspecified atom stereocenters. The van der Waals surface area contributed by atoms with Gasteiger partial charge in [-0.2, -0.15) is 0 Å². The normalized spacial score (nSPS) is 11.4. The van der Waals surface area contributed by atoms with Crippen molar-refractivity contribution in [2.24, 2.45) is 0 Å². The van der Waals surface area contributed by atoms with Crippen molar-refractivity contribution in [2.75, 3.05) is 16.2 Å². The van der Waals surface area contributed by atoms with Crippen molar-refractivity contribution in [2.45, 2.75) is 38.5 Å². The van der Waals surface area contributed by atoms with Crippen LogP contribution in [0.3, 0.4) is 0 Å². The Morgan fingerprint density at radius 3 is 2.26 bits per heavy atom. The average Bonchev–Trinajstić information content (AvgIpc) is 2.74. The first kappa shape index (κ1) is 22.6. The van der Waals surface area contributed by atoms with Crippen molar-refractivity contribution in [3.8, 4) is 0 Å². The summed E-state index contributed by atoms with van der Waals surface area (Å²) in [6.45, 7) is 7.56. The van der Waals surface area contributed by atoms with Crippen LogP contribution < -0.4 is 9.62 Å². The number of hydrogen-bond acceptors (Lipinski definition) is 3. The zero-order chi connectivity index (χ0) is 22.6. The molecule has 31 heavy (non-hydrogen) atoms. The first-order valence-electron chi connectivity index (χ1n) is 10.2. The lowest BCUT2D eigenvalue weighted by atomic mass is 9.98. The van der Waals surface area contributed by atoms with E-state index >= 15 is 0 Å². The Morgan fingerprint density at radius 1 is 0.935 bits per heavy atom. The maximum Gasteiger partial charge on any atom is 0.264 e. The van der Waals surface area contributed by atoms with Gasteiger partial charge in [-0.05, 0) is 60.7 Å². The highest BCUT2D eigenvalue weighted by molar-refractivity contribution is 7.92. The highest BCUT2D eigenvalue weighted by atomic mass is 32.2. The van der Waals surface area contributed by atoms with E-state index in [1.54, 1.807) is 42.5 Å². The minimum atomic E-state index is -3.93. The maximum atomic E-state index is 13.5. The van der Waals surface area contributed by atoms with Crippen molar-refractivity contribution in [3.05, 3.63) is 89.5 Å². The predicted molar refractivity (Wildman–Crippen MR) is 126 cm³/mol. The van der Waals surface area contributed by atoms with Gasteiger partial charge in [0.2, 0.25) is 5.91 Å². The average molecular weight is 437 g/mol. The van der Waals surface area contributed by atoms with Gasteiger partial charge in [0.25, 0.3) is 10.0 Å². The van der Waals surface area contributed by atoms with Gasteiger partial charge < -0.3 is 5.32 Å². The summed E-state index contributed by atoms with van der Waals surface area (Å²) in [5.41, 5.74) is 3.96. The Balaban J connectivity index is 1.97. The molecule has 0 saturated heterocycles. The van der Waals surface area contributed by atoms with Crippen molar-refractivity contribution >= 4 is 27.3 Å². The third kappa shape index (κ3) is 5.14. The molecule has 6 heteroatoms. The Bertz CT molecular complexity index is 1170. The van der Waals surface area contributed by atoms with Crippen molar-refractivity contribution < 1.29 is 13.2 Å². The topological polar surface area (TPSA) is 66.5 Å². The largest absolute Gasteiger partial charge is 0.324 e. The van der Waals surface area contributed by atoms with Crippen LogP contribution in [0.25, 0.3) is 0 Å². The van der Waals surface area contributed by atoms with E-state index in [9.17, 15) is 13.2 Å². The van der Waals surface area contributed by atoms with Crippen molar-refractivity contribution in [3.63, 3.8) is 0 Å². The summed E-state index contributed by atoms with van der Waals surface area (Å²) >= 11 is 0. The lowest BCUT2D eigenvalue weighted by Crippen LogP contribution is -2.38. The van der Waals surface area contributed by atoms with Gasteiger partial charge in [-0.1, -0.05) is 62.4 Å². The number of carbonyl (C=O) groups is 1.